The van der Waals surface area contributed by atoms with E-state index in [0.29, 0.717) is 16.9 Å². The maximum Gasteiger partial charge on any atom is 0.271 e. The Morgan fingerprint density at radius 2 is 1.93 bits per heavy atom. The van der Waals surface area contributed by atoms with Crippen LogP contribution in [0.4, 0.5) is 11.4 Å². The minimum atomic E-state index is -3.62. The summed E-state index contributed by atoms with van der Waals surface area (Å²) in [4.78, 5) is 23.6. The topological polar surface area (TPSA) is 147 Å². The van der Waals surface area contributed by atoms with Gasteiger partial charge in [0.2, 0.25) is 5.91 Å². The number of benzene rings is 1. The number of hydrogen-bond donors (Lipinski definition) is 4. The number of H-pyrrole nitrogens is 1. The number of nitrogens with zero attached hydrogens (tertiary/aromatic N) is 1. The van der Waals surface area contributed by atoms with Crippen LogP contribution in [0.2, 0.25) is 0 Å². The van der Waals surface area contributed by atoms with Crippen LogP contribution in [0.1, 0.15) is 21.7 Å². The summed E-state index contributed by atoms with van der Waals surface area (Å²) in [5.41, 5.74) is 7.01. The molecule has 0 atom stereocenters. The van der Waals surface area contributed by atoms with E-state index in [4.69, 9.17) is 5.73 Å². The number of amides is 2. The Labute approximate surface area is 165 Å². The van der Waals surface area contributed by atoms with Crippen LogP contribution in [0.5, 0.6) is 0 Å². The zero-order valence-corrected chi connectivity index (χ0v) is 16.4. The quantitative estimate of drug-likeness (QED) is 0.461. The summed E-state index contributed by atoms with van der Waals surface area (Å²) in [7, 11) is -3.62. The van der Waals surface area contributed by atoms with Crippen molar-refractivity contribution in [3.8, 4) is 0 Å². The van der Waals surface area contributed by atoms with Crippen molar-refractivity contribution in [1.82, 2.24) is 10.2 Å². The van der Waals surface area contributed by atoms with E-state index >= 15 is 0 Å². The lowest BCUT2D eigenvalue weighted by molar-refractivity contribution is -0.115. The third-order valence-electron chi connectivity index (χ3n) is 3.78. The molecule has 9 nitrogen and oxygen atoms in total. The molecule has 0 saturated carbocycles. The summed E-state index contributed by atoms with van der Waals surface area (Å²) in [5, 5.41) is 10.7. The molecule has 0 fully saturated rings. The highest BCUT2D eigenvalue weighted by molar-refractivity contribution is 7.94. The van der Waals surface area contributed by atoms with Crippen molar-refractivity contribution < 1.29 is 18.0 Å². The van der Waals surface area contributed by atoms with Crippen LogP contribution in [-0.4, -0.2) is 30.4 Å². The number of aromatic amines is 1. The van der Waals surface area contributed by atoms with Gasteiger partial charge in [0.1, 0.15) is 4.21 Å². The van der Waals surface area contributed by atoms with Crippen molar-refractivity contribution in [1.29, 1.82) is 0 Å². The number of primary amides is 1. The van der Waals surface area contributed by atoms with Gasteiger partial charge >= 0.3 is 0 Å². The molecule has 2 amide bonds. The Balaban J connectivity index is 1.65. The van der Waals surface area contributed by atoms with Gasteiger partial charge in [0.25, 0.3) is 15.9 Å². The van der Waals surface area contributed by atoms with Gasteiger partial charge in [-0.1, -0.05) is 18.2 Å². The summed E-state index contributed by atoms with van der Waals surface area (Å²) in [6, 6.07) is 9.61. The number of rotatable bonds is 7. The number of carbonyl (C=O) groups is 2. The fourth-order valence-corrected chi connectivity index (χ4v) is 4.49. The van der Waals surface area contributed by atoms with Crippen LogP contribution < -0.4 is 15.8 Å². The third-order valence-corrected chi connectivity index (χ3v) is 6.55. The van der Waals surface area contributed by atoms with E-state index in [2.05, 4.69) is 20.2 Å². The zero-order chi connectivity index (χ0) is 20.3. The van der Waals surface area contributed by atoms with E-state index in [1.165, 1.54) is 6.07 Å². The summed E-state index contributed by atoms with van der Waals surface area (Å²) in [6.07, 6.45) is 0.0285. The predicted molar refractivity (Wildman–Crippen MR) is 106 cm³/mol. The van der Waals surface area contributed by atoms with Gasteiger partial charge in [-0.3, -0.25) is 19.4 Å². The molecule has 0 saturated heterocycles. The largest absolute Gasteiger partial charge is 0.364 e. The lowest BCUT2D eigenvalue weighted by Crippen LogP contribution is -2.19. The number of anilines is 2. The molecule has 0 radical (unpaired) electrons. The van der Waals surface area contributed by atoms with Crippen LogP contribution in [0.15, 0.2) is 46.0 Å². The Morgan fingerprint density at radius 1 is 1.21 bits per heavy atom. The second-order valence-electron chi connectivity index (χ2n) is 5.90. The van der Waals surface area contributed by atoms with Crippen molar-refractivity contribution in [2.45, 2.75) is 17.6 Å². The standard InChI is InChI=1S/C17H17N5O4S2/c1-10-15(16(17(18)24)21-20-10)19-13(23)9-11-4-6-12(7-5-11)22-28(25,26)14-3-2-8-27-14/h2-8,22H,9H2,1H3,(H2,18,24)(H,19,23)(H,20,21). The molecule has 0 aliphatic rings. The van der Waals surface area contributed by atoms with E-state index in [9.17, 15) is 18.0 Å². The Kier molecular flexibility index (Phi) is 5.47. The number of aromatic nitrogens is 2. The van der Waals surface area contributed by atoms with Gasteiger partial charge in [0.05, 0.1) is 17.8 Å². The van der Waals surface area contributed by atoms with Gasteiger partial charge in [0.15, 0.2) is 5.69 Å². The molecule has 0 spiro atoms. The average molecular weight is 419 g/mol. The molecule has 3 aromatic rings. The molecule has 3 rings (SSSR count). The first kappa shape index (κ1) is 19.6. The summed E-state index contributed by atoms with van der Waals surface area (Å²) < 4.78 is 27.1. The lowest BCUT2D eigenvalue weighted by Gasteiger charge is -2.08. The highest BCUT2D eigenvalue weighted by Gasteiger charge is 2.18. The second kappa shape index (κ2) is 7.82. The molecule has 0 bridgehead atoms. The molecule has 0 unspecified atom stereocenters. The predicted octanol–water partition coefficient (Wildman–Crippen LogP) is 1.86. The highest BCUT2D eigenvalue weighted by Crippen LogP contribution is 2.21. The van der Waals surface area contributed by atoms with E-state index in [0.717, 1.165) is 11.3 Å². The van der Waals surface area contributed by atoms with Crippen molar-refractivity contribution in [3.05, 3.63) is 58.7 Å². The zero-order valence-electron chi connectivity index (χ0n) is 14.7. The first-order chi connectivity index (χ1) is 13.3. The third kappa shape index (κ3) is 4.38. The van der Waals surface area contributed by atoms with Gasteiger partial charge in [-0.05, 0) is 36.1 Å². The highest BCUT2D eigenvalue weighted by atomic mass is 32.2. The van der Waals surface area contributed by atoms with Crippen LogP contribution >= 0.6 is 11.3 Å². The molecule has 0 aliphatic heterocycles. The van der Waals surface area contributed by atoms with Crippen molar-refractivity contribution in [2.75, 3.05) is 10.0 Å². The lowest BCUT2D eigenvalue weighted by atomic mass is 10.1. The van der Waals surface area contributed by atoms with Gasteiger partial charge in [0, 0.05) is 5.69 Å². The summed E-state index contributed by atoms with van der Waals surface area (Å²) in [6.45, 7) is 1.66. The van der Waals surface area contributed by atoms with E-state index in [1.54, 1.807) is 42.6 Å². The minimum absolute atomic E-state index is 0.0285. The molecule has 28 heavy (non-hydrogen) atoms. The van der Waals surface area contributed by atoms with Crippen LogP contribution in [-0.2, 0) is 21.2 Å². The smallest absolute Gasteiger partial charge is 0.271 e. The Hall–Kier alpha value is -3.18. The average Bonchev–Trinajstić information content (AvgIpc) is 3.28. The van der Waals surface area contributed by atoms with Crippen LogP contribution in [0, 0.1) is 6.92 Å². The molecule has 2 heterocycles. The number of sulfonamides is 1. The van der Waals surface area contributed by atoms with Gasteiger partial charge in [-0.2, -0.15) is 5.10 Å². The molecular formula is C17H17N5O4S2. The van der Waals surface area contributed by atoms with Gasteiger partial charge < -0.3 is 11.1 Å². The number of aryl methyl sites for hydroxylation is 1. The second-order valence-corrected chi connectivity index (χ2v) is 8.75. The molecule has 11 heteroatoms. The number of hydrogen-bond acceptors (Lipinski definition) is 6. The SMILES string of the molecule is Cc1[nH]nc(C(N)=O)c1NC(=O)Cc1ccc(NS(=O)(=O)c2cccs2)cc1. The fraction of sp³-hybridized carbons (Fsp3) is 0.118. The molecular weight excluding hydrogens is 402 g/mol. The number of nitrogens with one attached hydrogen (secondary N) is 3. The van der Waals surface area contributed by atoms with Crippen LogP contribution in [0.25, 0.3) is 0 Å². The van der Waals surface area contributed by atoms with Gasteiger partial charge in [-0.25, -0.2) is 8.42 Å². The first-order valence-corrected chi connectivity index (χ1v) is 10.4. The fourth-order valence-electron chi connectivity index (χ4n) is 2.44. The van der Waals surface area contributed by atoms with E-state index in [-0.39, 0.29) is 27.9 Å². The molecule has 1 aromatic carbocycles. The van der Waals surface area contributed by atoms with Gasteiger partial charge in [-0.15, -0.1) is 11.3 Å². The molecule has 0 aliphatic carbocycles. The maximum atomic E-state index is 12.3. The Morgan fingerprint density at radius 3 is 2.54 bits per heavy atom. The van der Waals surface area contributed by atoms with E-state index in [1.807, 2.05) is 0 Å². The normalized spacial score (nSPS) is 11.2. The Bertz CT molecular complexity index is 1100. The number of carbonyl (C=O) groups excluding carboxylic acids is 2. The van der Waals surface area contributed by atoms with Crippen molar-refractivity contribution >= 4 is 44.5 Å². The van der Waals surface area contributed by atoms with Crippen molar-refractivity contribution in [2.24, 2.45) is 5.73 Å². The molecule has 5 N–H and O–H groups in total. The van der Waals surface area contributed by atoms with Crippen LogP contribution in [0.3, 0.4) is 0 Å². The number of nitrogens with two attached hydrogens (primary N) is 1. The molecule has 146 valence electrons. The maximum absolute atomic E-state index is 12.3. The van der Waals surface area contributed by atoms with Crippen molar-refractivity contribution in [3.63, 3.8) is 0 Å². The van der Waals surface area contributed by atoms with E-state index < -0.39 is 15.9 Å². The monoisotopic (exact) mass is 419 g/mol. The first-order valence-electron chi connectivity index (χ1n) is 8.06. The molecule has 2 aromatic heterocycles. The summed E-state index contributed by atoms with van der Waals surface area (Å²) in [5.74, 6) is -1.11. The number of thiophene rings is 1. The summed E-state index contributed by atoms with van der Waals surface area (Å²) >= 11 is 1.12. The minimum Gasteiger partial charge on any atom is -0.364 e.